The number of nitrogens with zero attached hydrogens (tertiary/aromatic N) is 3. The van der Waals surface area contributed by atoms with Gasteiger partial charge in [-0.15, -0.1) is 0 Å². The van der Waals surface area contributed by atoms with Crippen LogP contribution in [0.4, 0.5) is 0 Å². The molecule has 0 aliphatic carbocycles. The van der Waals surface area contributed by atoms with Gasteiger partial charge < -0.3 is 4.98 Å². The lowest BCUT2D eigenvalue weighted by Crippen LogP contribution is -2.14. The zero-order valence-electron chi connectivity index (χ0n) is 24.8. The number of aromatic nitrogens is 4. The number of aryl methyl sites for hydroxylation is 1. The molecule has 5 heterocycles. The van der Waals surface area contributed by atoms with E-state index in [1.165, 1.54) is 46.9 Å². The highest BCUT2D eigenvalue weighted by atomic mass is 127. The molecule has 0 saturated carbocycles. The molecule has 0 amide bonds. The first kappa shape index (κ1) is 30.5. The topological polar surface area (TPSA) is 80.6 Å². The van der Waals surface area contributed by atoms with E-state index in [9.17, 15) is 8.42 Å². The Bertz CT molecular complexity index is 1880. The zero-order valence-corrected chi connectivity index (χ0v) is 27.7. The van der Waals surface area contributed by atoms with Crippen LogP contribution in [0.2, 0.25) is 0 Å². The Morgan fingerprint density at radius 3 is 1.68 bits per heavy atom. The van der Waals surface area contributed by atoms with E-state index in [0.717, 1.165) is 47.2 Å². The lowest BCUT2D eigenvalue weighted by molar-refractivity contribution is 0.573. The van der Waals surface area contributed by atoms with Crippen molar-refractivity contribution in [1.82, 2.24) is 18.9 Å². The normalized spacial score (nSPS) is 12.7. The van der Waals surface area contributed by atoms with Crippen LogP contribution in [0.5, 0.6) is 0 Å². The quantitative estimate of drug-likeness (QED) is 0.0778. The van der Waals surface area contributed by atoms with Crippen molar-refractivity contribution in [2.45, 2.75) is 62.7 Å². The van der Waals surface area contributed by atoms with E-state index in [1.807, 2.05) is 91.0 Å². The molecule has 8 bridgehead atoms. The lowest BCUT2D eigenvalue weighted by Gasteiger charge is -2.13. The number of nitrogens with one attached hydrogen (secondary N) is 1. The van der Waals surface area contributed by atoms with Gasteiger partial charge in [0, 0.05) is 11.0 Å². The fourth-order valence-corrected chi connectivity index (χ4v) is 8.08. The molecule has 4 aromatic rings. The standard InChI is InChI=1S/C36H37IN4O2S/c37-22-10-6-4-2-1-3-5-7-11-27-12-8-9-13-36(27)44(42,43)41-34-20-21-35(41)26-33-19-17-31(40-33)24-29-15-14-28(38-29)23-30-16-18-32(25-34)39-30/h8-9,12-21,23-26,38H,1-7,10-11,22H2. The maximum absolute atomic E-state index is 14.5. The summed E-state index contributed by atoms with van der Waals surface area (Å²) in [6.45, 7) is 0. The highest BCUT2D eigenvalue weighted by Gasteiger charge is 2.23. The van der Waals surface area contributed by atoms with Crippen molar-refractivity contribution < 1.29 is 8.42 Å². The number of fused-ring (bicyclic) bond motifs is 8. The van der Waals surface area contributed by atoms with Crippen LogP contribution in [0.25, 0.3) is 46.4 Å². The van der Waals surface area contributed by atoms with Crippen molar-refractivity contribution in [3.05, 3.63) is 101 Å². The van der Waals surface area contributed by atoms with Crippen LogP contribution in [0, 0.1) is 0 Å². The summed E-state index contributed by atoms with van der Waals surface area (Å²) >= 11 is 2.45. The SMILES string of the molecule is O=S(=O)(c1ccccc1CCCCCCCCCCI)n1c2ccc1cc1nc(cc3ccc(cc4nc(c2)C=C4)[nH]3)C=C1. The van der Waals surface area contributed by atoms with E-state index in [0.29, 0.717) is 27.3 Å². The zero-order chi connectivity index (χ0) is 30.4. The molecule has 0 radical (unpaired) electrons. The molecule has 1 N–H and O–H groups in total. The molecular formula is C36H37IN4O2S. The first-order valence-electron chi connectivity index (χ1n) is 15.5. The minimum atomic E-state index is -3.93. The van der Waals surface area contributed by atoms with Crippen LogP contribution < -0.4 is 0 Å². The van der Waals surface area contributed by atoms with Gasteiger partial charge in [-0.05, 0) is 108 Å². The highest BCUT2D eigenvalue weighted by molar-refractivity contribution is 14.1. The van der Waals surface area contributed by atoms with E-state index in [-0.39, 0.29) is 0 Å². The molecule has 2 aliphatic rings. The van der Waals surface area contributed by atoms with Crippen molar-refractivity contribution in [3.8, 4) is 0 Å². The van der Waals surface area contributed by atoms with Gasteiger partial charge in [0.05, 0.1) is 38.7 Å². The molecule has 1 aromatic carbocycles. The second-order valence-corrected chi connectivity index (χ2v) is 14.2. The first-order chi connectivity index (χ1) is 21.5. The van der Waals surface area contributed by atoms with Gasteiger partial charge in [0.1, 0.15) is 0 Å². The number of hydrogen-bond acceptors (Lipinski definition) is 4. The first-order valence-corrected chi connectivity index (χ1v) is 18.4. The van der Waals surface area contributed by atoms with Crippen LogP contribution in [0.3, 0.4) is 0 Å². The van der Waals surface area contributed by atoms with Gasteiger partial charge in [0.2, 0.25) is 0 Å². The third-order valence-corrected chi connectivity index (χ3v) is 10.6. The van der Waals surface area contributed by atoms with Crippen LogP contribution in [-0.4, -0.2) is 31.8 Å². The van der Waals surface area contributed by atoms with Crippen LogP contribution in [0.15, 0.2) is 77.7 Å². The smallest absolute Gasteiger partial charge is 0.268 e. The Hall–Kier alpha value is -3.50. The molecule has 0 fully saturated rings. The van der Waals surface area contributed by atoms with E-state index < -0.39 is 10.0 Å². The van der Waals surface area contributed by atoms with Crippen molar-refractivity contribution >= 4 is 79.0 Å². The van der Waals surface area contributed by atoms with Gasteiger partial charge in [0.15, 0.2) is 0 Å². The third kappa shape index (κ3) is 7.24. The molecule has 8 heteroatoms. The van der Waals surface area contributed by atoms with E-state index >= 15 is 0 Å². The van der Waals surface area contributed by atoms with E-state index in [1.54, 1.807) is 6.07 Å². The van der Waals surface area contributed by atoms with Gasteiger partial charge >= 0.3 is 0 Å². The fraction of sp³-hybridized carbons (Fsp3) is 0.278. The molecule has 6 nitrogen and oxygen atoms in total. The van der Waals surface area contributed by atoms with Gasteiger partial charge in [-0.1, -0.05) is 79.3 Å². The number of rotatable bonds is 12. The van der Waals surface area contributed by atoms with Crippen molar-refractivity contribution in [2.75, 3.05) is 4.43 Å². The second-order valence-electron chi connectivity index (χ2n) is 11.4. The number of aromatic amines is 1. The number of unbranched alkanes of at least 4 members (excludes halogenated alkanes) is 7. The second kappa shape index (κ2) is 14.1. The Labute approximate surface area is 273 Å². The van der Waals surface area contributed by atoms with Crippen molar-refractivity contribution in [1.29, 1.82) is 0 Å². The molecule has 0 unspecified atom stereocenters. The lowest BCUT2D eigenvalue weighted by atomic mass is 10.0. The Kier molecular flexibility index (Phi) is 9.76. The number of benzene rings is 1. The van der Waals surface area contributed by atoms with Gasteiger partial charge in [0.25, 0.3) is 10.0 Å². The molecule has 0 spiro atoms. The number of halogens is 1. The van der Waals surface area contributed by atoms with E-state index in [4.69, 9.17) is 9.97 Å². The Morgan fingerprint density at radius 1 is 0.614 bits per heavy atom. The van der Waals surface area contributed by atoms with Gasteiger partial charge in [-0.25, -0.2) is 22.4 Å². The highest BCUT2D eigenvalue weighted by Crippen LogP contribution is 2.27. The molecular weight excluding hydrogens is 679 g/mol. The summed E-state index contributed by atoms with van der Waals surface area (Å²) in [5.41, 5.74) is 6.80. The maximum atomic E-state index is 14.5. The fourth-order valence-electron chi connectivity index (χ4n) is 5.81. The van der Waals surface area contributed by atoms with Crippen molar-refractivity contribution in [3.63, 3.8) is 0 Å². The number of H-pyrrole nitrogens is 1. The summed E-state index contributed by atoms with van der Waals surface area (Å²) in [5.74, 6) is 0. The predicted octanol–water partition coefficient (Wildman–Crippen LogP) is 9.46. The minimum absolute atomic E-state index is 0.351. The molecule has 44 heavy (non-hydrogen) atoms. The van der Waals surface area contributed by atoms with Gasteiger partial charge in [-0.3, -0.25) is 0 Å². The summed E-state index contributed by atoms with van der Waals surface area (Å²) in [4.78, 5) is 13.2. The number of alkyl halides is 1. The molecule has 2 aliphatic heterocycles. The predicted molar refractivity (Wildman–Crippen MR) is 191 cm³/mol. The summed E-state index contributed by atoms with van der Waals surface area (Å²) in [6.07, 6.45) is 18.2. The Morgan fingerprint density at radius 2 is 1.11 bits per heavy atom. The number of hydrogen-bond donors (Lipinski definition) is 1. The van der Waals surface area contributed by atoms with Crippen molar-refractivity contribution in [2.24, 2.45) is 0 Å². The molecule has 0 saturated heterocycles. The summed E-state index contributed by atoms with van der Waals surface area (Å²) in [6, 6.07) is 22.8. The molecule has 0 atom stereocenters. The molecule has 6 rings (SSSR count). The van der Waals surface area contributed by atoms with Crippen LogP contribution in [0.1, 0.15) is 79.7 Å². The summed E-state index contributed by atoms with van der Waals surface area (Å²) in [5, 5.41) is 0. The summed E-state index contributed by atoms with van der Waals surface area (Å²) in [7, 11) is -3.93. The Balaban J connectivity index is 1.37. The average molecular weight is 717 g/mol. The molecule has 226 valence electrons. The average Bonchev–Trinajstić information content (AvgIpc) is 3.82. The largest absolute Gasteiger partial charge is 0.355 e. The minimum Gasteiger partial charge on any atom is -0.355 e. The summed E-state index contributed by atoms with van der Waals surface area (Å²) < 4.78 is 31.7. The van der Waals surface area contributed by atoms with Gasteiger partial charge in [-0.2, -0.15) is 0 Å². The third-order valence-electron chi connectivity index (χ3n) is 8.01. The van der Waals surface area contributed by atoms with Crippen LogP contribution in [-0.2, 0) is 16.4 Å². The van der Waals surface area contributed by atoms with E-state index in [2.05, 4.69) is 27.6 Å². The maximum Gasteiger partial charge on any atom is 0.268 e. The van der Waals surface area contributed by atoms with Crippen LogP contribution >= 0.6 is 22.6 Å². The molecule has 3 aromatic heterocycles. The monoisotopic (exact) mass is 716 g/mol.